The van der Waals surface area contributed by atoms with Crippen molar-refractivity contribution in [2.24, 2.45) is 0 Å². The number of hydrogen-bond acceptors (Lipinski definition) is 2. The first-order valence-corrected chi connectivity index (χ1v) is 7.34. The van der Waals surface area contributed by atoms with Crippen molar-refractivity contribution in [1.29, 1.82) is 0 Å². The second kappa shape index (κ2) is 5.80. The third kappa shape index (κ3) is 3.40. The summed E-state index contributed by atoms with van der Waals surface area (Å²) >= 11 is 8.37. The SMILES string of the molecule is O=C(NCc1ccc(Br)s1)c1ccccc1Br. The normalized spacial score (nSPS) is 10.2. The van der Waals surface area contributed by atoms with Gasteiger partial charge >= 0.3 is 0 Å². The number of thiophene rings is 1. The van der Waals surface area contributed by atoms with E-state index < -0.39 is 0 Å². The van der Waals surface area contributed by atoms with Crippen molar-refractivity contribution in [3.63, 3.8) is 0 Å². The second-order valence-electron chi connectivity index (χ2n) is 3.37. The van der Waals surface area contributed by atoms with Crippen LogP contribution in [0.3, 0.4) is 0 Å². The number of hydrogen-bond donors (Lipinski definition) is 1. The lowest BCUT2D eigenvalue weighted by Gasteiger charge is -2.05. The summed E-state index contributed by atoms with van der Waals surface area (Å²) in [5.41, 5.74) is 0.656. The fourth-order valence-corrected chi connectivity index (χ4v) is 3.24. The first kappa shape index (κ1) is 12.8. The van der Waals surface area contributed by atoms with Gasteiger partial charge in [0, 0.05) is 9.35 Å². The van der Waals surface area contributed by atoms with Crippen molar-refractivity contribution in [3.8, 4) is 0 Å². The molecule has 1 aromatic heterocycles. The van der Waals surface area contributed by atoms with Crippen molar-refractivity contribution >= 4 is 49.1 Å². The Hall–Kier alpha value is -0.650. The summed E-state index contributed by atoms with van der Waals surface area (Å²) in [6, 6.07) is 11.4. The molecule has 0 spiro atoms. The molecular weight excluding hydrogens is 366 g/mol. The van der Waals surface area contributed by atoms with Crippen LogP contribution in [0.1, 0.15) is 15.2 Å². The summed E-state index contributed by atoms with van der Waals surface area (Å²) in [7, 11) is 0. The number of benzene rings is 1. The molecule has 88 valence electrons. The first-order valence-electron chi connectivity index (χ1n) is 4.94. The van der Waals surface area contributed by atoms with E-state index in [0.29, 0.717) is 12.1 Å². The molecule has 17 heavy (non-hydrogen) atoms. The molecule has 0 bridgehead atoms. The van der Waals surface area contributed by atoms with Crippen LogP contribution in [0.25, 0.3) is 0 Å². The topological polar surface area (TPSA) is 29.1 Å². The Balaban J connectivity index is 2.01. The van der Waals surface area contributed by atoms with E-state index in [1.807, 2.05) is 30.3 Å². The fourth-order valence-electron chi connectivity index (χ4n) is 1.35. The van der Waals surface area contributed by atoms with Gasteiger partial charge in [-0.2, -0.15) is 0 Å². The standard InChI is InChI=1S/C12H9Br2NOS/c13-10-4-2-1-3-9(10)12(16)15-7-8-5-6-11(14)17-8/h1-6H,7H2,(H,15,16). The van der Waals surface area contributed by atoms with Gasteiger partial charge in [-0.05, 0) is 56.1 Å². The van der Waals surface area contributed by atoms with Crippen molar-refractivity contribution in [1.82, 2.24) is 5.32 Å². The molecule has 0 fully saturated rings. The van der Waals surface area contributed by atoms with Gasteiger partial charge in [0.25, 0.3) is 5.91 Å². The zero-order valence-corrected chi connectivity index (χ0v) is 12.7. The fraction of sp³-hybridized carbons (Fsp3) is 0.0833. The Morgan fingerprint density at radius 3 is 2.59 bits per heavy atom. The monoisotopic (exact) mass is 373 g/mol. The van der Waals surface area contributed by atoms with Gasteiger partial charge < -0.3 is 5.32 Å². The van der Waals surface area contributed by atoms with E-state index in [1.54, 1.807) is 17.4 Å². The third-order valence-corrected chi connectivity index (χ3v) is 4.49. The van der Waals surface area contributed by atoms with E-state index in [9.17, 15) is 4.79 Å². The summed E-state index contributed by atoms with van der Waals surface area (Å²) < 4.78 is 1.88. The summed E-state index contributed by atoms with van der Waals surface area (Å²) in [5.74, 6) is -0.0676. The molecular formula is C12H9Br2NOS. The maximum atomic E-state index is 11.9. The average molecular weight is 375 g/mol. The maximum Gasteiger partial charge on any atom is 0.252 e. The highest BCUT2D eigenvalue weighted by atomic mass is 79.9. The highest BCUT2D eigenvalue weighted by molar-refractivity contribution is 9.11. The second-order valence-corrected chi connectivity index (χ2v) is 6.77. The molecule has 2 rings (SSSR count). The maximum absolute atomic E-state index is 11.9. The molecule has 2 nitrogen and oxygen atoms in total. The summed E-state index contributed by atoms with van der Waals surface area (Å²) in [6.07, 6.45) is 0. The molecule has 0 saturated carbocycles. The predicted octanol–water partition coefficient (Wildman–Crippen LogP) is 4.20. The molecule has 0 aliphatic rings. The Labute approximate surface area is 120 Å². The molecule has 1 aromatic carbocycles. The molecule has 2 aromatic rings. The van der Waals surface area contributed by atoms with Crippen molar-refractivity contribution in [3.05, 3.63) is 55.1 Å². The molecule has 1 heterocycles. The minimum absolute atomic E-state index is 0.0676. The number of nitrogens with one attached hydrogen (secondary N) is 1. The molecule has 5 heteroatoms. The largest absolute Gasteiger partial charge is 0.347 e. The van der Waals surface area contributed by atoms with Crippen LogP contribution in [-0.2, 0) is 6.54 Å². The van der Waals surface area contributed by atoms with Gasteiger partial charge in [0.15, 0.2) is 0 Å². The smallest absolute Gasteiger partial charge is 0.252 e. The molecule has 0 atom stereocenters. The Bertz CT molecular complexity index is 539. The van der Waals surface area contributed by atoms with Crippen LogP contribution in [0.4, 0.5) is 0 Å². The van der Waals surface area contributed by atoms with Crippen LogP contribution in [0.15, 0.2) is 44.7 Å². The van der Waals surface area contributed by atoms with Gasteiger partial charge in [-0.15, -0.1) is 11.3 Å². The number of carbonyl (C=O) groups excluding carboxylic acids is 1. The third-order valence-electron chi connectivity index (χ3n) is 2.17. The molecule has 0 saturated heterocycles. The Kier molecular flexibility index (Phi) is 4.36. The Morgan fingerprint density at radius 2 is 1.94 bits per heavy atom. The average Bonchev–Trinajstić information content (AvgIpc) is 2.73. The molecule has 0 aliphatic heterocycles. The number of carbonyl (C=O) groups is 1. The van der Waals surface area contributed by atoms with Crippen LogP contribution < -0.4 is 5.32 Å². The highest BCUT2D eigenvalue weighted by Gasteiger charge is 2.08. The van der Waals surface area contributed by atoms with Gasteiger partial charge in [-0.25, -0.2) is 0 Å². The van der Waals surface area contributed by atoms with Gasteiger partial charge in [-0.3, -0.25) is 4.79 Å². The van der Waals surface area contributed by atoms with E-state index >= 15 is 0 Å². The van der Waals surface area contributed by atoms with E-state index in [-0.39, 0.29) is 5.91 Å². The highest BCUT2D eigenvalue weighted by Crippen LogP contribution is 2.22. The zero-order valence-electron chi connectivity index (χ0n) is 8.74. The minimum atomic E-state index is -0.0676. The van der Waals surface area contributed by atoms with Gasteiger partial charge in [0.05, 0.1) is 15.9 Å². The van der Waals surface area contributed by atoms with Gasteiger partial charge in [0.1, 0.15) is 0 Å². The lowest BCUT2D eigenvalue weighted by molar-refractivity contribution is 0.0950. The molecule has 0 aliphatic carbocycles. The molecule has 1 amide bonds. The van der Waals surface area contributed by atoms with E-state index in [1.165, 1.54) is 0 Å². The lowest BCUT2D eigenvalue weighted by Crippen LogP contribution is -2.22. The minimum Gasteiger partial charge on any atom is -0.347 e. The number of rotatable bonds is 3. The van der Waals surface area contributed by atoms with Crippen LogP contribution in [0.5, 0.6) is 0 Å². The molecule has 1 N–H and O–H groups in total. The summed E-state index contributed by atoms with van der Waals surface area (Å²) in [6.45, 7) is 0.552. The number of halogens is 2. The molecule has 0 unspecified atom stereocenters. The van der Waals surface area contributed by atoms with Crippen LogP contribution >= 0.6 is 43.2 Å². The van der Waals surface area contributed by atoms with Crippen LogP contribution in [0.2, 0.25) is 0 Å². The van der Waals surface area contributed by atoms with E-state index in [0.717, 1.165) is 13.1 Å². The van der Waals surface area contributed by atoms with E-state index in [2.05, 4.69) is 37.2 Å². The summed E-state index contributed by atoms with van der Waals surface area (Å²) in [5, 5.41) is 2.89. The Morgan fingerprint density at radius 1 is 1.18 bits per heavy atom. The number of amides is 1. The molecule has 0 radical (unpaired) electrons. The van der Waals surface area contributed by atoms with Gasteiger partial charge in [-0.1, -0.05) is 12.1 Å². The predicted molar refractivity (Wildman–Crippen MR) is 77.3 cm³/mol. The quantitative estimate of drug-likeness (QED) is 0.856. The zero-order chi connectivity index (χ0) is 12.3. The first-order chi connectivity index (χ1) is 8.16. The van der Waals surface area contributed by atoms with Crippen molar-refractivity contribution < 1.29 is 4.79 Å². The van der Waals surface area contributed by atoms with Crippen molar-refractivity contribution in [2.45, 2.75) is 6.54 Å². The van der Waals surface area contributed by atoms with Crippen molar-refractivity contribution in [2.75, 3.05) is 0 Å². The summed E-state index contributed by atoms with van der Waals surface area (Å²) in [4.78, 5) is 13.0. The van der Waals surface area contributed by atoms with Gasteiger partial charge in [0.2, 0.25) is 0 Å². The van der Waals surface area contributed by atoms with Crippen LogP contribution in [-0.4, -0.2) is 5.91 Å². The lowest BCUT2D eigenvalue weighted by atomic mass is 10.2. The van der Waals surface area contributed by atoms with Crippen LogP contribution in [0, 0.1) is 0 Å². The van der Waals surface area contributed by atoms with E-state index in [4.69, 9.17) is 0 Å².